The fourth-order valence-electron chi connectivity index (χ4n) is 9.39. The average molecular weight is 755 g/mol. The first-order valence-electron chi connectivity index (χ1n) is 20.3. The van der Waals surface area contributed by atoms with E-state index in [-0.39, 0.29) is 0 Å². The first-order chi connectivity index (χ1) is 29.1. The molecule has 3 heterocycles. The van der Waals surface area contributed by atoms with Crippen LogP contribution in [-0.2, 0) is 0 Å². The van der Waals surface area contributed by atoms with Crippen LogP contribution in [0.2, 0.25) is 0 Å². The number of nitrogens with zero attached hydrogens (tertiary/aromatic N) is 2. The van der Waals surface area contributed by atoms with Gasteiger partial charge in [0.2, 0.25) is 0 Å². The van der Waals surface area contributed by atoms with E-state index in [4.69, 9.17) is 4.42 Å². The van der Waals surface area contributed by atoms with Crippen LogP contribution in [0.3, 0.4) is 0 Å². The maximum absolute atomic E-state index is 6.56. The first kappa shape index (κ1) is 33.6. The van der Waals surface area contributed by atoms with Gasteiger partial charge in [0.1, 0.15) is 11.2 Å². The number of hydrogen-bond acceptors (Lipinski definition) is 3. The highest BCUT2D eigenvalue weighted by atomic mass is 16.3. The molecule has 0 saturated heterocycles. The van der Waals surface area contributed by atoms with Crippen LogP contribution in [0.4, 0.5) is 28.4 Å². The van der Waals surface area contributed by atoms with Crippen molar-refractivity contribution in [1.29, 1.82) is 0 Å². The zero-order valence-corrected chi connectivity index (χ0v) is 32.7. The lowest BCUT2D eigenvalue weighted by molar-refractivity contribution is 0.669. The van der Waals surface area contributed by atoms with Gasteiger partial charge in [-0.1, -0.05) is 126 Å². The molecule has 0 unspecified atom stereocenters. The molecule has 0 spiro atoms. The molecule has 1 aliphatic rings. The van der Waals surface area contributed by atoms with Gasteiger partial charge in [-0.2, -0.15) is 0 Å². The Hall–Kier alpha value is -7.50. The van der Waals surface area contributed by atoms with Crippen molar-refractivity contribution in [3.63, 3.8) is 0 Å². The summed E-state index contributed by atoms with van der Waals surface area (Å²) in [4.78, 5) is 2.44. The summed E-state index contributed by atoms with van der Waals surface area (Å²) >= 11 is 0. The molecular formula is C54H37BN3O. The maximum Gasteiger partial charge on any atom is 0.197 e. The van der Waals surface area contributed by atoms with Gasteiger partial charge in [0.25, 0.3) is 0 Å². The Morgan fingerprint density at radius 2 is 1.24 bits per heavy atom. The van der Waals surface area contributed by atoms with Crippen LogP contribution in [0.15, 0.2) is 186 Å². The minimum atomic E-state index is 0.847. The molecule has 1 radical (unpaired) electrons. The molecule has 4 nitrogen and oxygen atoms in total. The van der Waals surface area contributed by atoms with Crippen molar-refractivity contribution < 1.29 is 4.42 Å². The van der Waals surface area contributed by atoms with Crippen LogP contribution in [0.25, 0.3) is 71.3 Å². The monoisotopic (exact) mass is 754 g/mol. The predicted octanol–water partition coefficient (Wildman–Crippen LogP) is 13.3. The molecule has 0 aliphatic carbocycles. The number of para-hydroxylation sites is 3. The summed E-state index contributed by atoms with van der Waals surface area (Å²) in [6.07, 6.45) is 0. The molecule has 0 amide bonds. The second-order valence-corrected chi connectivity index (χ2v) is 15.8. The number of aromatic nitrogens is 1. The summed E-state index contributed by atoms with van der Waals surface area (Å²) in [6, 6.07) is 65.8. The van der Waals surface area contributed by atoms with E-state index in [0.717, 1.165) is 61.5 Å². The largest absolute Gasteiger partial charge is 0.456 e. The van der Waals surface area contributed by atoms with Crippen molar-refractivity contribution in [1.82, 2.24) is 4.57 Å². The SMILES string of the molecule is Cc1ccc(Nc2cc3oc4ccccc4c3cc2-c2cc(N(c3ccccc3)c3ccccc3)c3c4c5ccccc5ccc4n4c3c2[B]c2cc(C)ccc2-4)cc1. The second kappa shape index (κ2) is 13.0. The van der Waals surface area contributed by atoms with Crippen LogP contribution in [0.5, 0.6) is 0 Å². The Kier molecular flexibility index (Phi) is 7.42. The lowest BCUT2D eigenvalue weighted by atomic mass is 9.58. The molecule has 11 aromatic rings. The third-order valence-electron chi connectivity index (χ3n) is 12.1. The first-order valence-corrected chi connectivity index (χ1v) is 20.3. The van der Waals surface area contributed by atoms with Gasteiger partial charge in [0, 0.05) is 55.9 Å². The van der Waals surface area contributed by atoms with Crippen LogP contribution in [-0.4, -0.2) is 11.8 Å². The molecule has 0 saturated carbocycles. The van der Waals surface area contributed by atoms with Crippen LogP contribution >= 0.6 is 0 Å². The lowest BCUT2D eigenvalue weighted by Crippen LogP contribution is -2.37. The van der Waals surface area contributed by atoms with E-state index < -0.39 is 0 Å². The zero-order valence-electron chi connectivity index (χ0n) is 32.7. The van der Waals surface area contributed by atoms with Gasteiger partial charge in [0.15, 0.2) is 7.28 Å². The molecule has 9 aromatic carbocycles. The number of fused-ring (bicyclic) bond motifs is 10. The summed E-state index contributed by atoms with van der Waals surface area (Å²) in [5.41, 5.74) is 17.6. The number of rotatable bonds is 6. The highest BCUT2D eigenvalue weighted by molar-refractivity contribution is 6.74. The molecule has 1 aliphatic heterocycles. The lowest BCUT2D eigenvalue weighted by Gasteiger charge is -2.30. The van der Waals surface area contributed by atoms with Crippen molar-refractivity contribution in [3.05, 3.63) is 193 Å². The summed E-state index contributed by atoms with van der Waals surface area (Å²) in [5.74, 6) is 0. The standard InChI is InChI=1S/C54H37BN3O/c1-33-21-25-36(26-22-33)56-45-32-50-42(40-19-11-12-20-49(40)59-50)30-41(45)43-31-48(57(37-14-5-3-6-15-37)38-16-7-4-8-17-38)52-51-39-18-10-9-13-35(39)24-28-47(51)58-46-27-23-34(2)29-44(46)55-53(43)54(52)58/h3-32,56H,1-2H3. The van der Waals surface area contributed by atoms with Gasteiger partial charge in [0.05, 0.1) is 22.4 Å². The quantitative estimate of drug-likeness (QED) is 0.172. The Morgan fingerprint density at radius 3 is 2.02 bits per heavy atom. The Morgan fingerprint density at radius 1 is 0.542 bits per heavy atom. The van der Waals surface area contributed by atoms with Crippen molar-refractivity contribution in [2.24, 2.45) is 0 Å². The Labute approximate surface area is 342 Å². The van der Waals surface area contributed by atoms with Crippen molar-refractivity contribution in [2.75, 3.05) is 10.2 Å². The second-order valence-electron chi connectivity index (χ2n) is 15.8. The van der Waals surface area contributed by atoms with Crippen LogP contribution in [0.1, 0.15) is 11.1 Å². The molecular weight excluding hydrogens is 717 g/mol. The van der Waals surface area contributed by atoms with Gasteiger partial charge >= 0.3 is 0 Å². The third kappa shape index (κ3) is 5.25. The molecule has 5 heteroatoms. The molecule has 0 atom stereocenters. The zero-order chi connectivity index (χ0) is 39.2. The van der Waals surface area contributed by atoms with Gasteiger partial charge in [-0.25, -0.2) is 0 Å². The highest BCUT2D eigenvalue weighted by Gasteiger charge is 2.31. The van der Waals surface area contributed by atoms with Crippen molar-refractivity contribution in [3.8, 4) is 16.8 Å². The Bertz CT molecular complexity index is 3420. The molecule has 12 rings (SSSR count). The van der Waals surface area contributed by atoms with E-state index in [0.29, 0.717) is 0 Å². The number of furan rings is 1. The van der Waals surface area contributed by atoms with E-state index in [1.54, 1.807) is 0 Å². The average Bonchev–Trinajstić information content (AvgIpc) is 3.82. The fourth-order valence-corrected chi connectivity index (χ4v) is 9.39. The van der Waals surface area contributed by atoms with E-state index in [2.05, 4.69) is 212 Å². The summed E-state index contributed by atoms with van der Waals surface area (Å²) in [5, 5.41) is 11.0. The van der Waals surface area contributed by atoms with E-state index >= 15 is 0 Å². The van der Waals surface area contributed by atoms with Gasteiger partial charge < -0.3 is 19.2 Å². The van der Waals surface area contributed by atoms with Crippen LogP contribution < -0.4 is 21.1 Å². The van der Waals surface area contributed by atoms with E-state index in [1.807, 2.05) is 6.07 Å². The smallest absolute Gasteiger partial charge is 0.197 e. The molecule has 0 bridgehead atoms. The van der Waals surface area contributed by atoms with Gasteiger partial charge in [-0.15, -0.1) is 0 Å². The van der Waals surface area contributed by atoms with Gasteiger partial charge in [-0.05, 0) is 102 Å². The number of aryl methyl sites for hydroxylation is 2. The number of nitrogens with one attached hydrogen (secondary N) is 1. The van der Waals surface area contributed by atoms with Crippen molar-refractivity contribution in [2.45, 2.75) is 13.8 Å². The van der Waals surface area contributed by atoms with E-state index in [9.17, 15) is 0 Å². The summed E-state index contributed by atoms with van der Waals surface area (Å²) in [6.45, 7) is 4.31. The minimum Gasteiger partial charge on any atom is -0.456 e. The third-order valence-corrected chi connectivity index (χ3v) is 12.1. The van der Waals surface area contributed by atoms with E-state index in [1.165, 1.54) is 60.3 Å². The predicted molar refractivity (Wildman–Crippen MR) is 250 cm³/mol. The number of anilines is 5. The molecule has 277 valence electrons. The number of benzene rings is 9. The van der Waals surface area contributed by atoms with Crippen LogP contribution in [0, 0.1) is 13.8 Å². The molecule has 0 fully saturated rings. The highest BCUT2D eigenvalue weighted by Crippen LogP contribution is 2.49. The Balaban J connectivity index is 1.29. The summed E-state index contributed by atoms with van der Waals surface area (Å²) in [7, 11) is 2.42. The summed E-state index contributed by atoms with van der Waals surface area (Å²) < 4.78 is 9.08. The molecule has 1 N–H and O–H groups in total. The van der Waals surface area contributed by atoms with Gasteiger partial charge in [-0.3, -0.25) is 0 Å². The fraction of sp³-hybridized carbons (Fsp3) is 0.0370. The minimum absolute atomic E-state index is 0.847. The molecule has 59 heavy (non-hydrogen) atoms. The van der Waals surface area contributed by atoms with Crippen molar-refractivity contribution >= 4 is 101 Å². The maximum atomic E-state index is 6.56. The topological polar surface area (TPSA) is 33.3 Å². The normalized spacial score (nSPS) is 12.0. The molecule has 2 aromatic heterocycles. The number of hydrogen-bond donors (Lipinski definition) is 1.